The van der Waals surface area contributed by atoms with E-state index >= 15 is 0 Å². The maximum absolute atomic E-state index is 11.2. The van der Waals surface area contributed by atoms with Gasteiger partial charge in [0.2, 0.25) is 0 Å². The molecule has 1 aliphatic rings. The van der Waals surface area contributed by atoms with Crippen molar-refractivity contribution in [3.05, 3.63) is 41.0 Å². The molecule has 3 heteroatoms. The Morgan fingerprint density at radius 2 is 2.12 bits per heavy atom. The Morgan fingerprint density at radius 3 is 2.81 bits per heavy atom. The fourth-order valence-corrected chi connectivity index (χ4v) is 2.50. The van der Waals surface area contributed by atoms with Gasteiger partial charge < -0.3 is 4.79 Å². The third-order valence-corrected chi connectivity index (χ3v) is 3.55. The van der Waals surface area contributed by atoms with Gasteiger partial charge in [-0.15, -0.1) is 0 Å². The minimum absolute atomic E-state index is 0.370. The normalized spacial score (nSPS) is 17.3. The van der Waals surface area contributed by atoms with Crippen molar-refractivity contribution in [1.82, 2.24) is 4.98 Å². The molecular weight excluding hydrogens is 222 g/mol. The van der Waals surface area contributed by atoms with Crippen molar-refractivity contribution >= 4 is 28.8 Å². The van der Waals surface area contributed by atoms with Crippen molar-refractivity contribution in [3.8, 4) is 0 Å². The quantitative estimate of drug-likeness (QED) is 0.744. The Bertz CT molecular complexity index is 575. The van der Waals surface area contributed by atoms with Crippen LogP contribution < -0.4 is 0 Å². The SMILES string of the molecule is O=CC1(c2c(Cl)ccc3cccnc23)CC1. The molecule has 0 saturated heterocycles. The van der Waals surface area contributed by atoms with Crippen LogP contribution >= 0.6 is 11.6 Å². The number of benzene rings is 1. The van der Waals surface area contributed by atoms with Crippen molar-refractivity contribution in [3.63, 3.8) is 0 Å². The molecule has 0 radical (unpaired) electrons. The third-order valence-electron chi connectivity index (χ3n) is 3.24. The summed E-state index contributed by atoms with van der Waals surface area (Å²) < 4.78 is 0. The monoisotopic (exact) mass is 231 g/mol. The zero-order valence-electron chi connectivity index (χ0n) is 8.61. The second-order valence-electron chi connectivity index (χ2n) is 4.27. The summed E-state index contributed by atoms with van der Waals surface area (Å²) in [6.45, 7) is 0. The van der Waals surface area contributed by atoms with Crippen LogP contribution in [0.4, 0.5) is 0 Å². The zero-order chi connectivity index (χ0) is 11.2. The van der Waals surface area contributed by atoms with Crippen LogP contribution in [0.5, 0.6) is 0 Å². The molecule has 3 rings (SSSR count). The smallest absolute Gasteiger partial charge is 0.130 e. The van der Waals surface area contributed by atoms with E-state index in [1.54, 1.807) is 6.20 Å². The first-order valence-electron chi connectivity index (χ1n) is 5.27. The summed E-state index contributed by atoms with van der Waals surface area (Å²) in [7, 11) is 0. The molecule has 1 aliphatic carbocycles. The van der Waals surface area contributed by atoms with Crippen molar-refractivity contribution in [2.24, 2.45) is 0 Å². The van der Waals surface area contributed by atoms with Gasteiger partial charge in [-0.25, -0.2) is 0 Å². The molecule has 2 nitrogen and oxygen atoms in total. The van der Waals surface area contributed by atoms with Gasteiger partial charge in [0.05, 0.1) is 10.9 Å². The molecule has 2 aromatic rings. The van der Waals surface area contributed by atoms with Crippen LogP contribution in [-0.4, -0.2) is 11.3 Å². The van der Waals surface area contributed by atoms with Gasteiger partial charge in [0.1, 0.15) is 6.29 Å². The van der Waals surface area contributed by atoms with Crippen LogP contribution in [0, 0.1) is 0 Å². The Hall–Kier alpha value is -1.41. The number of aldehydes is 1. The fourth-order valence-electron chi connectivity index (χ4n) is 2.16. The summed E-state index contributed by atoms with van der Waals surface area (Å²) in [5.41, 5.74) is 1.40. The number of pyridine rings is 1. The highest BCUT2D eigenvalue weighted by molar-refractivity contribution is 6.32. The highest BCUT2D eigenvalue weighted by Gasteiger charge is 2.47. The molecule has 0 spiro atoms. The second-order valence-corrected chi connectivity index (χ2v) is 4.68. The van der Waals surface area contributed by atoms with Gasteiger partial charge in [-0.3, -0.25) is 4.98 Å². The Kier molecular flexibility index (Phi) is 2.01. The first-order chi connectivity index (χ1) is 7.77. The molecule has 0 aliphatic heterocycles. The van der Waals surface area contributed by atoms with Gasteiger partial charge in [0.25, 0.3) is 0 Å². The summed E-state index contributed by atoms with van der Waals surface area (Å²) in [5, 5.41) is 1.69. The van der Waals surface area contributed by atoms with E-state index in [2.05, 4.69) is 4.98 Å². The number of carbonyl (C=O) groups is 1. The van der Waals surface area contributed by atoms with Crippen molar-refractivity contribution < 1.29 is 4.79 Å². The first-order valence-corrected chi connectivity index (χ1v) is 5.65. The lowest BCUT2D eigenvalue weighted by Gasteiger charge is -2.12. The largest absolute Gasteiger partial charge is 0.302 e. The lowest BCUT2D eigenvalue weighted by molar-refractivity contribution is -0.109. The minimum Gasteiger partial charge on any atom is -0.302 e. The molecule has 1 saturated carbocycles. The van der Waals surface area contributed by atoms with Crippen molar-refractivity contribution in [1.29, 1.82) is 0 Å². The lowest BCUT2D eigenvalue weighted by atomic mass is 9.95. The fraction of sp³-hybridized carbons (Fsp3) is 0.231. The summed E-state index contributed by atoms with van der Waals surface area (Å²) in [6.07, 6.45) is 4.52. The molecule has 0 N–H and O–H groups in total. The molecular formula is C13H10ClNO. The van der Waals surface area contributed by atoms with Gasteiger partial charge in [-0.2, -0.15) is 0 Å². The van der Waals surface area contributed by atoms with Crippen LogP contribution in [-0.2, 0) is 10.2 Å². The predicted molar refractivity (Wildman–Crippen MR) is 63.7 cm³/mol. The number of hydrogen-bond acceptors (Lipinski definition) is 2. The number of rotatable bonds is 2. The number of halogens is 1. The number of fused-ring (bicyclic) bond motifs is 1. The summed E-state index contributed by atoms with van der Waals surface area (Å²) in [4.78, 5) is 15.6. The van der Waals surface area contributed by atoms with E-state index < -0.39 is 0 Å². The molecule has 0 unspecified atom stereocenters. The van der Waals surface area contributed by atoms with Crippen LogP contribution in [0.1, 0.15) is 18.4 Å². The standard InChI is InChI=1S/C13H10ClNO/c14-10-4-3-9-2-1-7-15-12(9)11(10)13(8-16)5-6-13/h1-4,7-8H,5-6H2. The van der Waals surface area contributed by atoms with Gasteiger partial charge in [0.15, 0.2) is 0 Å². The van der Waals surface area contributed by atoms with Crippen LogP contribution in [0.2, 0.25) is 5.02 Å². The summed E-state index contributed by atoms with van der Waals surface area (Å²) in [5.74, 6) is 0. The van der Waals surface area contributed by atoms with Gasteiger partial charge in [-0.1, -0.05) is 23.7 Å². The highest BCUT2D eigenvalue weighted by Crippen LogP contribution is 2.50. The Labute approximate surface area is 98.3 Å². The first kappa shape index (κ1) is 9.79. The highest BCUT2D eigenvalue weighted by atomic mass is 35.5. The van der Waals surface area contributed by atoms with E-state index in [4.69, 9.17) is 11.6 Å². The zero-order valence-corrected chi connectivity index (χ0v) is 9.37. The van der Waals surface area contributed by atoms with Crippen molar-refractivity contribution in [2.45, 2.75) is 18.3 Å². The van der Waals surface area contributed by atoms with E-state index in [0.717, 1.165) is 35.6 Å². The molecule has 0 amide bonds. The van der Waals surface area contributed by atoms with Crippen LogP contribution in [0.3, 0.4) is 0 Å². The van der Waals surface area contributed by atoms with E-state index in [0.29, 0.717) is 5.02 Å². The maximum Gasteiger partial charge on any atom is 0.130 e. The minimum atomic E-state index is -0.370. The van der Waals surface area contributed by atoms with Gasteiger partial charge >= 0.3 is 0 Å². The molecule has 1 heterocycles. The Morgan fingerprint density at radius 1 is 1.31 bits per heavy atom. The average molecular weight is 232 g/mol. The average Bonchev–Trinajstić information content (AvgIpc) is 3.10. The molecule has 0 bridgehead atoms. The molecule has 1 fully saturated rings. The maximum atomic E-state index is 11.2. The summed E-state index contributed by atoms with van der Waals surface area (Å²) >= 11 is 6.21. The number of carbonyl (C=O) groups excluding carboxylic acids is 1. The molecule has 0 atom stereocenters. The van der Waals surface area contributed by atoms with E-state index in [1.807, 2.05) is 24.3 Å². The van der Waals surface area contributed by atoms with Crippen molar-refractivity contribution in [2.75, 3.05) is 0 Å². The lowest BCUT2D eigenvalue weighted by Crippen LogP contribution is -2.10. The Balaban J connectivity index is 2.37. The second kappa shape index (κ2) is 3.29. The molecule has 16 heavy (non-hydrogen) atoms. The van der Waals surface area contributed by atoms with Gasteiger partial charge in [0, 0.05) is 22.2 Å². The van der Waals surface area contributed by atoms with Crippen LogP contribution in [0.25, 0.3) is 10.9 Å². The topological polar surface area (TPSA) is 30.0 Å². The predicted octanol–water partition coefficient (Wildman–Crippen LogP) is 3.12. The van der Waals surface area contributed by atoms with Gasteiger partial charge in [-0.05, 0) is 25.0 Å². The van der Waals surface area contributed by atoms with E-state index in [-0.39, 0.29) is 5.41 Å². The number of nitrogens with zero attached hydrogens (tertiary/aromatic N) is 1. The van der Waals surface area contributed by atoms with Crippen LogP contribution in [0.15, 0.2) is 30.5 Å². The molecule has 1 aromatic carbocycles. The molecule has 80 valence electrons. The number of aromatic nitrogens is 1. The van der Waals surface area contributed by atoms with E-state index in [1.165, 1.54) is 0 Å². The van der Waals surface area contributed by atoms with E-state index in [9.17, 15) is 4.79 Å². The number of hydrogen-bond donors (Lipinski definition) is 0. The summed E-state index contributed by atoms with van der Waals surface area (Å²) in [6, 6.07) is 7.67. The molecule has 1 aromatic heterocycles. The third kappa shape index (κ3) is 1.26.